The smallest absolute Gasteiger partial charge is 0.328 e. The molecule has 3 nitrogen and oxygen atoms in total. The van der Waals surface area contributed by atoms with Crippen molar-refractivity contribution in [3.8, 4) is 10.6 Å². The molecule has 0 bridgehead atoms. The Bertz CT molecular complexity index is 540. The van der Waals surface area contributed by atoms with Crippen molar-refractivity contribution in [2.24, 2.45) is 0 Å². The van der Waals surface area contributed by atoms with Crippen LogP contribution < -0.4 is 0 Å². The highest BCUT2D eigenvalue weighted by molar-refractivity contribution is 7.16. The van der Waals surface area contributed by atoms with Gasteiger partial charge in [-0.25, -0.2) is 9.78 Å². The van der Waals surface area contributed by atoms with E-state index in [1.807, 2.05) is 24.4 Å². The van der Waals surface area contributed by atoms with Gasteiger partial charge >= 0.3 is 5.97 Å². The van der Waals surface area contributed by atoms with Crippen molar-refractivity contribution < 1.29 is 9.90 Å². The molecule has 0 unspecified atom stereocenters. The minimum absolute atomic E-state index is 0.919. The van der Waals surface area contributed by atoms with Crippen LogP contribution in [0, 0.1) is 6.92 Å². The van der Waals surface area contributed by atoms with Crippen LogP contribution in [0.1, 0.15) is 9.88 Å². The molecule has 0 atom stereocenters. The first-order valence-electron chi connectivity index (χ1n) is 4.58. The van der Waals surface area contributed by atoms with E-state index in [2.05, 4.69) is 4.98 Å². The molecule has 2 aromatic rings. The third-order valence-corrected chi connectivity index (χ3v) is 3.73. The molecular formula is C11H9NO2S2. The van der Waals surface area contributed by atoms with Crippen LogP contribution in [0.25, 0.3) is 16.6 Å². The van der Waals surface area contributed by atoms with Crippen LogP contribution in [0.5, 0.6) is 0 Å². The van der Waals surface area contributed by atoms with Gasteiger partial charge in [0, 0.05) is 16.3 Å². The van der Waals surface area contributed by atoms with Gasteiger partial charge in [-0.2, -0.15) is 0 Å². The summed E-state index contributed by atoms with van der Waals surface area (Å²) in [7, 11) is 0. The summed E-state index contributed by atoms with van der Waals surface area (Å²) in [5.74, 6) is -0.931. The average Bonchev–Trinajstić information content (AvgIpc) is 2.83. The first-order valence-corrected chi connectivity index (χ1v) is 6.28. The van der Waals surface area contributed by atoms with Gasteiger partial charge in [-0.3, -0.25) is 0 Å². The standard InChI is InChI=1S/C11H9NO2S2/c1-7-12-9(6-15-7)10-4-2-8(16-10)3-5-11(13)14/h2-6H,1H3,(H,13,14)/b5-3+. The fourth-order valence-electron chi connectivity index (χ4n) is 1.21. The van der Waals surface area contributed by atoms with Crippen LogP contribution in [0.15, 0.2) is 23.6 Å². The number of thiazole rings is 1. The number of aryl methyl sites for hydroxylation is 1. The highest BCUT2D eigenvalue weighted by Gasteiger charge is 2.04. The molecule has 0 saturated carbocycles. The summed E-state index contributed by atoms with van der Waals surface area (Å²) in [6, 6.07) is 3.86. The molecule has 0 fully saturated rings. The fraction of sp³-hybridized carbons (Fsp3) is 0.0909. The summed E-state index contributed by atoms with van der Waals surface area (Å²) in [4.78, 5) is 16.7. The van der Waals surface area contributed by atoms with E-state index in [1.165, 1.54) is 11.3 Å². The van der Waals surface area contributed by atoms with Crippen LogP contribution >= 0.6 is 22.7 Å². The van der Waals surface area contributed by atoms with E-state index >= 15 is 0 Å². The monoisotopic (exact) mass is 251 g/mol. The second-order valence-electron chi connectivity index (χ2n) is 3.13. The van der Waals surface area contributed by atoms with Gasteiger partial charge in [0.2, 0.25) is 0 Å². The number of aliphatic carboxylic acids is 1. The zero-order chi connectivity index (χ0) is 11.5. The van der Waals surface area contributed by atoms with E-state index in [0.29, 0.717) is 0 Å². The topological polar surface area (TPSA) is 50.2 Å². The Morgan fingerprint density at radius 2 is 2.31 bits per heavy atom. The molecule has 0 aliphatic rings. The SMILES string of the molecule is Cc1nc(-c2ccc(/C=C/C(=O)O)s2)cs1. The van der Waals surface area contributed by atoms with Crippen molar-refractivity contribution in [2.75, 3.05) is 0 Å². The van der Waals surface area contributed by atoms with Gasteiger partial charge < -0.3 is 5.11 Å². The minimum Gasteiger partial charge on any atom is -0.478 e. The molecule has 0 amide bonds. The molecule has 0 aliphatic carbocycles. The van der Waals surface area contributed by atoms with Crippen molar-refractivity contribution in [2.45, 2.75) is 6.92 Å². The normalized spacial score (nSPS) is 11.1. The molecule has 16 heavy (non-hydrogen) atoms. The summed E-state index contributed by atoms with van der Waals surface area (Å²) >= 11 is 3.15. The van der Waals surface area contributed by atoms with E-state index in [1.54, 1.807) is 17.4 Å². The lowest BCUT2D eigenvalue weighted by Gasteiger charge is -1.87. The van der Waals surface area contributed by atoms with Crippen LogP contribution in [0.4, 0.5) is 0 Å². The lowest BCUT2D eigenvalue weighted by atomic mass is 10.3. The maximum absolute atomic E-state index is 10.4. The molecular weight excluding hydrogens is 242 g/mol. The lowest BCUT2D eigenvalue weighted by molar-refractivity contribution is -0.131. The summed E-state index contributed by atoms with van der Waals surface area (Å²) in [6.07, 6.45) is 2.73. The Hall–Kier alpha value is -1.46. The van der Waals surface area contributed by atoms with Gasteiger partial charge in [-0.05, 0) is 25.1 Å². The average molecular weight is 251 g/mol. The van der Waals surface area contributed by atoms with Gasteiger partial charge in [0.25, 0.3) is 0 Å². The number of carboxylic acids is 1. The number of rotatable bonds is 3. The second-order valence-corrected chi connectivity index (χ2v) is 5.30. The summed E-state index contributed by atoms with van der Waals surface area (Å²) in [5.41, 5.74) is 0.961. The molecule has 1 N–H and O–H groups in total. The molecule has 0 aromatic carbocycles. The Morgan fingerprint density at radius 1 is 1.50 bits per heavy atom. The maximum Gasteiger partial charge on any atom is 0.328 e. The van der Waals surface area contributed by atoms with Gasteiger partial charge in [0.1, 0.15) is 0 Å². The van der Waals surface area contributed by atoms with E-state index < -0.39 is 5.97 Å². The highest BCUT2D eigenvalue weighted by Crippen LogP contribution is 2.29. The van der Waals surface area contributed by atoms with Crippen molar-refractivity contribution in [3.05, 3.63) is 33.5 Å². The predicted octanol–water partition coefficient (Wildman–Crippen LogP) is 3.28. The number of carboxylic acid groups (broad SMARTS) is 1. The van der Waals surface area contributed by atoms with E-state index in [0.717, 1.165) is 26.5 Å². The highest BCUT2D eigenvalue weighted by atomic mass is 32.1. The molecule has 82 valence electrons. The molecule has 0 spiro atoms. The third-order valence-electron chi connectivity index (χ3n) is 1.89. The number of carbonyl (C=O) groups is 1. The first kappa shape index (κ1) is 11.0. The van der Waals surface area contributed by atoms with Crippen LogP contribution in [0.2, 0.25) is 0 Å². The van der Waals surface area contributed by atoms with Crippen molar-refractivity contribution in [1.82, 2.24) is 4.98 Å². The van der Waals surface area contributed by atoms with Crippen molar-refractivity contribution in [1.29, 1.82) is 0 Å². The molecule has 2 aromatic heterocycles. The van der Waals surface area contributed by atoms with E-state index in [-0.39, 0.29) is 0 Å². The molecule has 2 rings (SSSR count). The van der Waals surface area contributed by atoms with Gasteiger partial charge in [-0.15, -0.1) is 22.7 Å². The second kappa shape index (κ2) is 4.59. The molecule has 0 aliphatic heterocycles. The van der Waals surface area contributed by atoms with E-state index in [9.17, 15) is 4.79 Å². The number of aromatic nitrogens is 1. The first-order chi connectivity index (χ1) is 7.65. The summed E-state index contributed by atoms with van der Waals surface area (Å²) in [6.45, 7) is 1.97. The fourth-order valence-corrected chi connectivity index (χ4v) is 2.77. The Balaban J connectivity index is 2.23. The summed E-state index contributed by atoms with van der Waals surface area (Å²) < 4.78 is 0. The lowest BCUT2D eigenvalue weighted by Crippen LogP contribution is -1.84. The Labute approximate surface area is 101 Å². The number of hydrogen-bond donors (Lipinski definition) is 1. The zero-order valence-electron chi connectivity index (χ0n) is 8.51. The van der Waals surface area contributed by atoms with Gasteiger partial charge in [0.05, 0.1) is 15.6 Å². The minimum atomic E-state index is -0.931. The number of nitrogens with zero attached hydrogens (tertiary/aromatic N) is 1. The Kier molecular flexibility index (Phi) is 3.17. The zero-order valence-corrected chi connectivity index (χ0v) is 10.1. The van der Waals surface area contributed by atoms with Crippen LogP contribution in [-0.2, 0) is 4.79 Å². The van der Waals surface area contributed by atoms with Crippen molar-refractivity contribution >= 4 is 34.7 Å². The maximum atomic E-state index is 10.4. The molecule has 5 heteroatoms. The largest absolute Gasteiger partial charge is 0.478 e. The van der Waals surface area contributed by atoms with Crippen LogP contribution in [0.3, 0.4) is 0 Å². The molecule has 0 radical (unpaired) electrons. The molecule has 0 saturated heterocycles. The molecule has 2 heterocycles. The predicted molar refractivity (Wildman–Crippen MR) is 66.8 cm³/mol. The van der Waals surface area contributed by atoms with Crippen LogP contribution in [-0.4, -0.2) is 16.1 Å². The van der Waals surface area contributed by atoms with E-state index in [4.69, 9.17) is 5.11 Å². The number of thiophene rings is 1. The van der Waals surface area contributed by atoms with Gasteiger partial charge in [-0.1, -0.05) is 0 Å². The summed E-state index contributed by atoms with van der Waals surface area (Å²) in [5, 5.41) is 11.5. The van der Waals surface area contributed by atoms with Gasteiger partial charge in [0.15, 0.2) is 0 Å². The number of hydrogen-bond acceptors (Lipinski definition) is 4. The van der Waals surface area contributed by atoms with Crippen molar-refractivity contribution in [3.63, 3.8) is 0 Å². The third kappa shape index (κ3) is 2.56. The Morgan fingerprint density at radius 3 is 2.94 bits per heavy atom. The quantitative estimate of drug-likeness (QED) is 0.852.